The molecule has 0 aliphatic carbocycles. The van der Waals surface area contributed by atoms with Gasteiger partial charge in [0.05, 0.1) is 34.7 Å². The van der Waals surface area contributed by atoms with Crippen LogP contribution in [-0.4, -0.2) is 19.9 Å². The molecule has 96 valence electrons. The average Bonchev–Trinajstić information content (AvgIpc) is 3.08. The smallest absolute Gasteiger partial charge is 0.0931 e. The van der Waals surface area contributed by atoms with E-state index in [2.05, 4.69) is 19.9 Å². The SMILES string of the molecule is S.c1ccc2[nH]cnc2c1.c1ccc2[nH]cnc2c1. The van der Waals surface area contributed by atoms with Crippen LogP contribution in [0.5, 0.6) is 0 Å². The van der Waals surface area contributed by atoms with Gasteiger partial charge in [-0.25, -0.2) is 9.97 Å². The van der Waals surface area contributed by atoms with E-state index in [4.69, 9.17) is 0 Å². The summed E-state index contributed by atoms with van der Waals surface area (Å²) in [6.45, 7) is 0. The fourth-order valence-electron chi connectivity index (χ4n) is 1.76. The second-order valence-electron chi connectivity index (χ2n) is 3.84. The normalized spacial score (nSPS) is 9.68. The van der Waals surface area contributed by atoms with Crippen LogP contribution in [0.15, 0.2) is 61.2 Å². The van der Waals surface area contributed by atoms with Gasteiger partial charge >= 0.3 is 0 Å². The van der Waals surface area contributed by atoms with Gasteiger partial charge in [-0.2, -0.15) is 13.5 Å². The van der Waals surface area contributed by atoms with Crippen LogP contribution >= 0.6 is 13.5 Å². The van der Waals surface area contributed by atoms with Gasteiger partial charge in [0.15, 0.2) is 0 Å². The molecule has 2 heterocycles. The maximum Gasteiger partial charge on any atom is 0.0931 e. The number of nitrogens with zero attached hydrogens (tertiary/aromatic N) is 2. The molecule has 0 amide bonds. The standard InChI is InChI=1S/2C7H6N2.H2S/c2*1-2-4-7-6(3-1)8-5-9-7;/h2*1-5H,(H,8,9);1H2. The number of aromatic amines is 2. The molecule has 2 N–H and O–H groups in total. The molecule has 4 nitrogen and oxygen atoms in total. The average molecular weight is 270 g/mol. The number of imidazole rings is 2. The summed E-state index contributed by atoms with van der Waals surface area (Å²) >= 11 is 0. The second-order valence-corrected chi connectivity index (χ2v) is 3.84. The van der Waals surface area contributed by atoms with E-state index in [9.17, 15) is 0 Å². The highest BCUT2D eigenvalue weighted by molar-refractivity contribution is 7.59. The highest BCUT2D eigenvalue weighted by Crippen LogP contribution is 2.06. The fourth-order valence-corrected chi connectivity index (χ4v) is 1.76. The van der Waals surface area contributed by atoms with Crippen molar-refractivity contribution in [3.8, 4) is 0 Å². The van der Waals surface area contributed by atoms with Crippen LogP contribution in [0.25, 0.3) is 22.1 Å². The van der Waals surface area contributed by atoms with Gasteiger partial charge in [0.25, 0.3) is 0 Å². The Morgan fingerprint density at radius 3 is 1.47 bits per heavy atom. The number of hydrogen-bond acceptors (Lipinski definition) is 2. The topological polar surface area (TPSA) is 57.4 Å². The second kappa shape index (κ2) is 6.06. The first kappa shape index (κ1) is 13.2. The summed E-state index contributed by atoms with van der Waals surface area (Å²) in [6, 6.07) is 15.9. The van der Waals surface area contributed by atoms with E-state index in [1.54, 1.807) is 12.7 Å². The molecule has 0 radical (unpaired) electrons. The number of H-pyrrole nitrogens is 2. The minimum absolute atomic E-state index is 0. The Morgan fingerprint density at radius 2 is 1.05 bits per heavy atom. The van der Waals surface area contributed by atoms with Crippen molar-refractivity contribution in [2.24, 2.45) is 0 Å². The fraction of sp³-hybridized carbons (Fsp3) is 0. The first-order chi connectivity index (χ1) is 8.93. The van der Waals surface area contributed by atoms with Gasteiger partial charge in [0, 0.05) is 0 Å². The first-order valence-electron chi connectivity index (χ1n) is 5.70. The van der Waals surface area contributed by atoms with Gasteiger partial charge in [-0.05, 0) is 24.3 Å². The van der Waals surface area contributed by atoms with Crippen LogP contribution < -0.4 is 0 Å². The van der Waals surface area contributed by atoms with Crippen molar-refractivity contribution in [1.82, 2.24) is 19.9 Å². The van der Waals surface area contributed by atoms with Crippen molar-refractivity contribution in [3.63, 3.8) is 0 Å². The van der Waals surface area contributed by atoms with Crippen LogP contribution in [0, 0.1) is 0 Å². The van der Waals surface area contributed by atoms with Crippen molar-refractivity contribution in [2.45, 2.75) is 0 Å². The molecule has 0 spiro atoms. The van der Waals surface area contributed by atoms with Crippen LogP contribution in [0.1, 0.15) is 0 Å². The first-order valence-corrected chi connectivity index (χ1v) is 5.70. The Kier molecular flexibility index (Phi) is 4.20. The number of rotatable bonds is 0. The van der Waals surface area contributed by atoms with Crippen LogP contribution in [0.3, 0.4) is 0 Å². The van der Waals surface area contributed by atoms with Gasteiger partial charge in [-0.15, -0.1) is 0 Å². The van der Waals surface area contributed by atoms with Gasteiger partial charge in [0.2, 0.25) is 0 Å². The lowest BCUT2D eigenvalue weighted by molar-refractivity contribution is 1.34. The van der Waals surface area contributed by atoms with Gasteiger partial charge < -0.3 is 9.97 Å². The summed E-state index contributed by atoms with van der Waals surface area (Å²) in [5.41, 5.74) is 4.24. The molecule has 4 aromatic rings. The lowest BCUT2D eigenvalue weighted by Crippen LogP contribution is -1.63. The number of hydrogen-bond donors (Lipinski definition) is 2. The van der Waals surface area contributed by atoms with E-state index in [1.165, 1.54) is 0 Å². The van der Waals surface area contributed by atoms with E-state index < -0.39 is 0 Å². The van der Waals surface area contributed by atoms with Gasteiger partial charge in [-0.1, -0.05) is 24.3 Å². The third kappa shape index (κ3) is 2.95. The molecular weight excluding hydrogens is 256 g/mol. The van der Waals surface area contributed by atoms with Crippen molar-refractivity contribution in [3.05, 3.63) is 61.2 Å². The maximum absolute atomic E-state index is 4.06. The highest BCUT2D eigenvalue weighted by atomic mass is 32.1. The largest absolute Gasteiger partial charge is 0.345 e. The molecule has 2 aromatic carbocycles. The predicted molar refractivity (Wildman–Crippen MR) is 82.6 cm³/mol. The van der Waals surface area contributed by atoms with Crippen LogP contribution in [0.2, 0.25) is 0 Å². The van der Waals surface area contributed by atoms with Crippen molar-refractivity contribution in [1.29, 1.82) is 0 Å². The third-order valence-electron chi connectivity index (χ3n) is 2.66. The minimum atomic E-state index is 0. The third-order valence-corrected chi connectivity index (χ3v) is 2.66. The van der Waals surface area contributed by atoms with Crippen molar-refractivity contribution < 1.29 is 0 Å². The molecule has 0 bridgehead atoms. The summed E-state index contributed by atoms with van der Waals surface area (Å²) < 4.78 is 0. The summed E-state index contributed by atoms with van der Waals surface area (Å²) in [5.74, 6) is 0. The molecule has 0 fully saturated rings. The Labute approximate surface area is 117 Å². The number of benzene rings is 2. The zero-order valence-electron chi connectivity index (χ0n) is 10.2. The predicted octanol–water partition coefficient (Wildman–Crippen LogP) is 3.24. The molecule has 5 heteroatoms. The van der Waals surface area contributed by atoms with E-state index in [0.29, 0.717) is 0 Å². The molecule has 0 saturated carbocycles. The molecule has 0 aliphatic rings. The van der Waals surface area contributed by atoms with E-state index in [0.717, 1.165) is 22.1 Å². The summed E-state index contributed by atoms with van der Waals surface area (Å²) in [7, 11) is 0. The summed E-state index contributed by atoms with van der Waals surface area (Å²) in [6.07, 6.45) is 3.40. The van der Waals surface area contributed by atoms with Gasteiger partial charge in [0.1, 0.15) is 0 Å². The maximum atomic E-state index is 4.06. The van der Waals surface area contributed by atoms with Gasteiger partial charge in [-0.3, -0.25) is 0 Å². The summed E-state index contributed by atoms with van der Waals surface area (Å²) in [4.78, 5) is 14.1. The van der Waals surface area contributed by atoms with Crippen LogP contribution in [0.4, 0.5) is 0 Å². The number of nitrogens with one attached hydrogen (secondary N) is 2. The molecule has 19 heavy (non-hydrogen) atoms. The Hall–Kier alpha value is -2.27. The van der Waals surface area contributed by atoms with Crippen molar-refractivity contribution >= 4 is 35.6 Å². The Bertz CT molecular complexity index is 633. The number of para-hydroxylation sites is 4. The Morgan fingerprint density at radius 1 is 0.632 bits per heavy atom. The molecule has 0 saturated heterocycles. The molecule has 0 aliphatic heterocycles. The molecule has 4 rings (SSSR count). The minimum Gasteiger partial charge on any atom is -0.345 e. The van der Waals surface area contributed by atoms with E-state index in [1.807, 2.05) is 48.5 Å². The highest BCUT2D eigenvalue weighted by Gasteiger charge is 1.89. The van der Waals surface area contributed by atoms with E-state index in [-0.39, 0.29) is 13.5 Å². The lowest BCUT2D eigenvalue weighted by Gasteiger charge is -1.81. The molecule has 0 unspecified atom stereocenters. The molecule has 0 atom stereocenters. The molecule has 2 aromatic heterocycles. The monoisotopic (exact) mass is 270 g/mol. The summed E-state index contributed by atoms with van der Waals surface area (Å²) in [5, 5.41) is 0. The Balaban J connectivity index is 0.000000133. The number of fused-ring (bicyclic) bond motifs is 2. The zero-order valence-corrected chi connectivity index (χ0v) is 11.2. The number of aromatic nitrogens is 4. The van der Waals surface area contributed by atoms with E-state index >= 15 is 0 Å². The zero-order chi connectivity index (χ0) is 12.2. The lowest BCUT2D eigenvalue weighted by atomic mass is 10.3. The van der Waals surface area contributed by atoms with Crippen LogP contribution in [-0.2, 0) is 0 Å². The molecular formula is C14H14N4S. The van der Waals surface area contributed by atoms with Crippen molar-refractivity contribution in [2.75, 3.05) is 0 Å². The quantitative estimate of drug-likeness (QED) is 0.515.